The lowest BCUT2D eigenvalue weighted by atomic mass is 9.67. The molecule has 0 radical (unpaired) electrons. The summed E-state index contributed by atoms with van der Waals surface area (Å²) in [4.78, 5) is 0. The van der Waals surface area contributed by atoms with Gasteiger partial charge in [-0.2, -0.15) is 5.26 Å². The smallest absolute Gasteiger partial charge is 0.183 e. The predicted molar refractivity (Wildman–Crippen MR) is 104 cm³/mol. The quantitative estimate of drug-likeness (QED) is 0.617. The largest absolute Gasteiger partial charge is 0.348 e. The molecule has 2 aliphatic rings. The molecule has 3 heteroatoms. The lowest BCUT2D eigenvalue weighted by molar-refractivity contribution is -0.205. The minimum Gasteiger partial charge on any atom is -0.348 e. The first-order chi connectivity index (χ1) is 12.7. The van der Waals surface area contributed by atoms with Crippen LogP contribution in [0.5, 0.6) is 0 Å². The first kappa shape index (κ1) is 19.4. The third kappa shape index (κ3) is 4.48. The van der Waals surface area contributed by atoms with Crippen LogP contribution >= 0.6 is 0 Å². The molecular weight excluding hydrogens is 322 g/mol. The van der Waals surface area contributed by atoms with Crippen molar-refractivity contribution in [1.29, 1.82) is 5.26 Å². The number of nitriles is 1. The Kier molecular flexibility index (Phi) is 6.73. The Morgan fingerprint density at radius 3 is 2.19 bits per heavy atom. The van der Waals surface area contributed by atoms with Crippen LogP contribution < -0.4 is 0 Å². The van der Waals surface area contributed by atoms with Gasteiger partial charge < -0.3 is 9.47 Å². The predicted octanol–water partition coefficient (Wildman–Crippen LogP) is 6.12. The zero-order valence-corrected chi connectivity index (χ0v) is 16.4. The van der Waals surface area contributed by atoms with Crippen molar-refractivity contribution in [1.82, 2.24) is 0 Å². The number of ether oxygens (including phenoxy) is 2. The molecule has 26 heavy (non-hydrogen) atoms. The van der Waals surface area contributed by atoms with E-state index in [4.69, 9.17) is 9.47 Å². The van der Waals surface area contributed by atoms with Crippen LogP contribution in [0.1, 0.15) is 88.5 Å². The first-order valence-electron chi connectivity index (χ1n) is 10.4. The van der Waals surface area contributed by atoms with Gasteiger partial charge in [-0.05, 0) is 50.0 Å². The zero-order chi connectivity index (χ0) is 18.4. The van der Waals surface area contributed by atoms with Gasteiger partial charge in [0.15, 0.2) is 6.29 Å². The molecule has 0 N–H and O–H groups in total. The minimum atomic E-state index is -0.210. The minimum absolute atomic E-state index is 0.0634. The lowest BCUT2D eigenvalue weighted by Gasteiger charge is -2.35. The molecule has 1 saturated heterocycles. The van der Waals surface area contributed by atoms with E-state index in [9.17, 15) is 5.26 Å². The van der Waals surface area contributed by atoms with Gasteiger partial charge in [0, 0.05) is 11.5 Å². The van der Waals surface area contributed by atoms with Crippen molar-refractivity contribution in [2.45, 2.75) is 77.4 Å². The topological polar surface area (TPSA) is 42.2 Å². The van der Waals surface area contributed by atoms with Gasteiger partial charge >= 0.3 is 0 Å². The molecule has 1 aliphatic heterocycles. The summed E-state index contributed by atoms with van der Waals surface area (Å²) in [6.07, 6.45) is 8.67. The van der Waals surface area contributed by atoms with E-state index >= 15 is 0 Å². The normalized spacial score (nSPS) is 32.1. The number of hydrogen-bond donors (Lipinski definition) is 0. The van der Waals surface area contributed by atoms with Gasteiger partial charge in [-0.1, -0.05) is 51.0 Å². The summed E-state index contributed by atoms with van der Waals surface area (Å²) in [5.74, 6) is 1.12. The van der Waals surface area contributed by atoms with Crippen molar-refractivity contribution in [3.05, 3.63) is 35.4 Å². The summed E-state index contributed by atoms with van der Waals surface area (Å²) >= 11 is 0. The summed E-state index contributed by atoms with van der Waals surface area (Å²) in [5, 5.41) is 9.66. The Labute approximate surface area is 158 Å². The van der Waals surface area contributed by atoms with Crippen molar-refractivity contribution in [2.75, 3.05) is 13.2 Å². The zero-order valence-electron chi connectivity index (χ0n) is 16.4. The molecule has 142 valence electrons. The van der Waals surface area contributed by atoms with Gasteiger partial charge in [0.1, 0.15) is 0 Å². The summed E-state index contributed by atoms with van der Waals surface area (Å²) in [7, 11) is 0. The number of rotatable bonds is 6. The van der Waals surface area contributed by atoms with Crippen molar-refractivity contribution in [2.24, 2.45) is 11.3 Å². The lowest BCUT2D eigenvalue weighted by Crippen LogP contribution is -2.26. The van der Waals surface area contributed by atoms with Crippen molar-refractivity contribution < 1.29 is 9.47 Å². The van der Waals surface area contributed by atoms with E-state index in [1.807, 2.05) is 0 Å². The highest BCUT2D eigenvalue weighted by molar-refractivity contribution is 5.27. The van der Waals surface area contributed by atoms with Gasteiger partial charge in [0.2, 0.25) is 0 Å². The molecule has 1 heterocycles. The van der Waals surface area contributed by atoms with Crippen molar-refractivity contribution in [3.8, 4) is 6.07 Å². The molecule has 0 amide bonds. The van der Waals surface area contributed by atoms with Gasteiger partial charge in [0.05, 0.1) is 24.7 Å². The van der Waals surface area contributed by atoms with Crippen LogP contribution in [0.3, 0.4) is 0 Å². The molecule has 1 aromatic rings. The van der Waals surface area contributed by atoms with Gasteiger partial charge in [-0.25, -0.2) is 0 Å². The Morgan fingerprint density at radius 2 is 1.65 bits per heavy atom. The molecule has 0 aromatic heterocycles. The SMILES string of the molecule is CCCCC1(C#N)CCC(c2ccc(C3OCC(CC)CO3)cc2)CC1. The molecule has 2 fully saturated rings. The van der Waals surface area contributed by atoms with Crippen LogP contribution in [-0.2, 0) is 9.47 Å². The molecule has 0 unspecified atom stereocenters. The van der Waals surface area contributed by atoms with E-state index in [0.717, 1.165) is 57.3 Å². The molecule has 0 bridgehead atoms. The fourth-order valence-corrected chi connectivity index (χ4v) is 4.33. The second-order valence-corrected chi connectivity index (χ2v) is 8.21. The molecule has 3 nitrogen and oxygen atoms in total. The fourth-order valence-electron chi connectivity index (χ4n) is 4.33. The highest BCUT2D eigenvalue weighted by Gasteiger charge is 2.35. The van der Waals surface area contributed by atoms with E-state index in [0.29, 0.717) is 11.8 Å². The number of benzene rings is 1. The third-order valence-electron chi connectivity index (χ3n) is 6.41. The number of hydrogen-bond acceptors (Lipinski definition) is 3. The Morgan fingerprint density at radius 1 is 1.04 bits per heavy atom. The maximum absolute atomic E-state index is 9.66. The molecular formula is C23H33NO2. The summed E-state index contributed by atoms with van der Waals surface area (Å²) in [5.41, 5.74) is 2.46. The summed E-state index contributed by atoms with van der Waals surface area (Å²) in [6, 6.07) is 11.5. The monoisotopic (exact) mass is 355 g/mol. The second kappa shape index (κ2) is 9.02. The van der Waals surface area contributed by atoms with E-state index in [2.05, 4.69) is 44.2 Å². The Hall–Kier alpha value is -1.37. The van der Waals surface area contributed by atoms with E-state index in [1.165, 1.54) is 18.4 Å². The standard InChI is InChI=1S/C23H33NO2/c1-3-5-12-23(17-24)13-10-20(11-14-23)19-6-8-21(9-7-19)22-25-15-18(4-2)16-26-22/h6-9,18,20,22H,3-5,10-16H2,1-2H3. The molecule has 0 atom stereocenters. The van der Waals surface area contributed by atoms with E-state index < -0.39 is 0 Å². The van der Waals surface area contributed by atoms with Gasteiger partial charge in [0.25, 0.3) is 0 Å². The van der Waals surface area contributed by atoms with Crippen LogP contribution in [0.15, 0.2) is 24.3 Å². The highest BCUT2D eigenvalue weighted by Crippen LogP contribution is 2.45. The van der Waals surface area contributed by atoms with Crippen LogP contribution in [0.2, 0.25) is 0 Å². The highest BCUT2D eigenvalue weighted by atomic mass is 16.7. The van der Waals surface area contributed by atoms with E-state index in [-0.39, 0.29) is 11.7 Å². The third-order valence-corrected chi connectivity index (χ3v) is 6.41. The fraction of sp³-hybridized carbons (Fsp3) is 0.696. The first-order valence-corrected chi connectivity index (χ1v) is 10.4. The average molecular weight is 356 g/mol. The van der Waals surface area contributed by atoms with Crippen molar-refractivity contribution >= 4 is 0 Å². The van der Waals surface area contributed by atoms with Crippen LogP contribution in [0, 0.1) is 22.7 Å². The number of nitrogens with zero attached hydrogens (tertiary/aromatic N) is 1. The molecule has 1 aliphatic carbocycles. The van der Waals surface area contributed by atoms with Crippen LogP contribution in [0.25, 0.3) is 0 Å². The number of unbranched alkanes of at least 4 members (excludes halogenated alkanes) is 1. The second-order valence-electron chi connectivity index (χ2n) is 8.21. The maximum atomic E-state index is 9.66. The molecule has 1 aromatic carbocycles. The van der Waals surface area contributed by atoms with Crippen LogP contribution in [-0.4, -0.2) is 13.2 Å². The van der Waals surface area contributed by atoms with Crippen molar-refractivity contribution in [3.63, 3.8) is 0 Å². The molecule has 3 rings (SSSR count). The summed E-state index contributed by atoms with van der Waals surface area (Å²) < 4.78 is 11.7. The molecule has 0 spiro atoms. The maximum Gasteiger partial charge on any atom is 0.183 e. The summed E-state index contributed by atoms with van der Waals surface area (Å²) in [6.45, 7) is 5.97. The Balaban J connectivity index is 1.56. The van der Waals surface area contributed by atoms with Gasteiger partial charge in [-0.3, -0.25) is 0 Å². The van der Waals surface area contributed by atoms with E-state index in [1.54, 1.807) is 0 Å². The average Bonchev–Trinajstić information content (AvgIpc) is 2.73. The van der Waals surface area contributed by atoms with Gasteiger partial charge in [-0.15, -0.1) is 0 Å². The Bertz CT molecular complexity index is 588. The van der Waals surface area contributed by atoms with Crippen LogP contribution in [0.4, 0.5) is 0 Å². The molecule has 1 saturated carbocycles.